The number of unbranched alkanes of at least 4 members (excludes halogenated alkanes) is 4. The van der Waals surface area contributed by atoms with Crippen LogP contribution in [0, 0.1) is 41.3 Å². The van der Waals surface area contributed by atoms with Crippen LogP contribution in [-0.2, 0) is 0 Å². The lowest BCUT2D eigenvalue weighted by atomic mass is 9.67. The average molecular weight is 565 g/mol. The van der Waals surface area contributed by atoms with E-state index < -0.39 is 0 Å². The van der Waals surface area contributed by atoms with Crippen molar-refractivity contribution in [2.24, 2.45) is 35.5 Å². The van der Waals surface area contributed by atoms with Gasteiger partial charge in [0.1, 0.15) is 5.82 Å². The smallest absolute Gasteiger partial charge is 0.126 e. The number of halogens is 1. The largest absolute Gasteiger partial charge is 0.207 e. The van der Waals surface area contributed by atoms with Crippen LogP contribution < -0.4 is 0 Å². The molecule has 0 aromatic heterocycles. The highest BCUT2D eigenvalue weighted by atomic mass is 19.1. The second kappa shape index (κ2) is 16.3. The minimum atomic E-state index is 0.113. The molecule has 232 valence electrons. The first-order chi connectivity index (χ1) is 20.1. The Kier molecular flexibility index (Phi) is 12.5. The summed E-state index contributed by atoms with van der Waals surface area (Å²) in [6, 6.07) is 6.51. The van der Waals surface area contributed by atoms with Crippen LogP contribution in [0.2, 0.25) is 0 Å². The minimum Gasteiger partial charge on any atom is -0.207 e. The summed E-state index contributed by atoms with van der Waals surface area (Å²) in [6.07, 6.45) is 33.7. The van der Waals surface area contributed by atoms with E-state index in [1.165, 1.54) is 160 Å². The fraction of sp³-hybridized carbons (Fsp3) is 0.850. The van der Waals surface area contributed by atoms with Crippen LogP contribution in [0.4, 0.5) is 4.39 Å². The molecule has 0 aliphatic heterocycles. The van der Waals surface area contributed by atoms with Gasteiger partial charge in [0.25, 0.3) is 0 Å². The van der Waals surface area contributed by atoms with Crippen molar-refractivity contribution in [1.29, 1.82) is 0 Å². The second-order valence-corrected chi connectivity index (χ2v) is 15.6. The van der Waals surface area contributed by atoms with Crippen LogP contribution in [0.25, 0.3) is 0 Å². The van der Waals surface area contributed by atoms with Crippen LogP contribution in [0.15, 0.2) is 18.2 Å². The van der Waals surface area contributed by atoms with E-state index in [4.69, 9.17) is 0 Å². The van der Waals surface area contributed by atoms with E-state index in [2.05, 4.69) is 26.0 Å². The molecule has 1 heteroatoms. The second-order valence-electron chi connectivity index (χ2n) is 15.6. The summed E-state index contributed by atoms with van der Waals surface area (Å²) in [5.74, 6) is 6.99. The molecule has 0 amide bonds. The molecule has 4 saturated carbocycles. The predicted octanol–water partition coefficient (Wildman–Crippen LogP) is 13.1. The van der Waals surface area contributed by atoms with Crippen LogP contribution in [0.3, 0.4) is 0 Å². The topological polar surface area (TPSA) is 0 Å². The molecule has 5 rings (SSSR count). The maximum absolute atomic E-state index is 15.5. The Hall–Kier alpha value is -0.850. The van der Waals surface area contributed by atoms with Gasteiger partial charge in [-0.15, -0.1) is 0 Å². The molecule has 0 atom stereocenters. The maximum atomic E-state index is 15.5. The Morgan fingerprint density at radius 1 is 0.512 bits per heavy atom. The standard InChI is InChI=1S/C40H65F/c1-3-5-7-9-30-11-15-32(16-12-30)34-19-21-36(22-20-34)38-27-28-39(40(41)29-38)37-25-23-35(24-26-37)33-17-13-31(14-18-33)10-8-6-4-2/h27-37H,3-26H2,1-2H3. The molecule has 0 nitrogen and oxygen atoms in total. The van der Waals surface area contributed by atoms with Gasteiger partial charge in [-0.2, -0.15) is 0 Å². The predicted molar refractivity (Wildman–Crippen MR) is 175 cm³/mol. The molecule has 4 aliphatic carbocycles. The molecule has 0 saturated heterocycles. The molecule has 0 bridgehead atoms. The van der Waals surface area contributed by atoms with Crippen molar-refractivity contribution in [2.45, 2.75) is 180 Å². The molecule has 0 heterocycles. The molecule has 0 unspecified atom stereocenters. The van der Waals surface area contributed by atoms with Crippen LogP contribution >= 0.6 is 0 Å². The van der Waals surface area contributed by atoms with Crippen molar-refractivity contribution < 1.29 is 4.39 Å². The van der Waals surface area contributed by atoms with Crippen molar-refractivity contribution in [3.63, 3.8) is 0 Å². The Morgan fingerprint density at radius 3 is 1.34 bits per heavy atom. The third-order valence-corrected chi connectivity index (χ3v) is 13.0. The van der Waals surface area contributed by atoms with Gasteiger partial charge < -0.3 is 0 Å². The third-order valence-electron chi connectivity index (χ3n) is 13.0. The van der Waals surface area contributed by atoms with Crippen molar-refractivity contribution in [1.82, 2.24) is 0 Å². The van der Waals surface area contributed by atoms with Gasteiger partial charge in [-0.05, 0) is 142 Å². The quantitative estimate of drug-likeness (QED) is 0.221. The van der Waals surface area contributed by atoms with Gasteiger partial charge in [0.2, 0.25) is 0 Å². The third kappa shape index (κ3) is 8.85. The van der Waals surface area contributed by atoms with Crippen molar-refractivity contribution in [3.8, 4) is 0 Å². The SMILES string of the molecule is CCCCCC1CCC(C2CCC(c3ccc(C4CCC(C5CCC(CCCCC)CC5)CC4)c(F)c3)CC2)CC1. The lowest BCUT2D eigenvalue weighted by Crippen LogP contribution is -2.26. The number of benzene rings is 1. The van der Waals surface area contributed by atoms with Crippen molar-refractivity contribution in [3.05, 3.63) is 35.1 Å². The molecule has 4 aliphatic rings. The van der Waals surface area contributed by atoms with Crippen LogP contribution in [0.1, 0.15) is 191 Å². The summed E-state index contributed by atoms with van der Waals surface area (Å²) < 4.78 is 15.5. The van der Waals surface area contributed by atoms with E-state index in [1.807, 2.05) is 6.07 Å². The van der Waals surface area contributed by atoms with E-state index >= 15 is 4.39 Å². The zero-order chi connectivity index (χ0) is 28.4. The highest BCUT2D eigenvalue weighted by molar-refractivity contribution is 5.30. The Morgan fingerprint density at radius 2 is 0.927 bits per heavy atom. The van der Waals surface area contributed by atoms with Crippen molar-refractivity contribution in [2.75, 3.05) is 0 Å². The first kappa shape index (κ1) is 31.6. The Balaban J connectivity index is 1.03. The summed E-state index contributed by atoms with van der Waals surface area (Å²) in [4.78, 5) is 0. The van der Waals surface area contributed by atoms with Gasteiger partial charge in [-0.1, -0.05) is 103 Å². The van der Waals surface area contributed by atoms with E-state index in [9.17, 15) is 0 Å². The highest BCUT2D eigenvalue weighted by Gasteiger charge is 2.33. The molecule has 41 heavy (non-hydrogen) atoms. The normalized spacial score (nSPS) is 34.9. The van der Waals surface area contributed by atoms with Crippen LogP contribution in [0.5, 0.6) is 0 Å². The van der Waals surface area contributed by atoms with Gasteiger partial charge >= 0.3 is 0 Å². The zero-order valence-electron chi connectivity index (χ0n) is 27.2. The molecule has 1 aromatic rings. The van der Waals surface area contributed by atoms with Gasteiger partial charge in [0.05, 0.1) is 0 Å². The molecule has 0 radical (unpaired) electrons. The van der Waals surface area contributed by atoms with Gasteiger partial charge in [-0.3, -0.25) is 0 Å². The van der Waals surface area contributed by atoms with Gasteiger partial charge in [-0.25, -0.2) is 4.39 Å². The summed E-state index contributed by atoms with van der Waals surface area (Å²) in [6.45, 7) is 4.64. The number of hydrogen-bond donors (Lipinski definition) is 0. The fourth-order valence-corrected chi connectivity index (χ4v) is 10.2. The Bertz CT molecular complexity index is 857. The van der Waals surface area contributed by atoms with E-state index in [1.54, 1.807) is 0 Å². The highest BCUT2D eigenvalue weighted by Crippen LogP contribution is 2.47. The van der Waals surface area contributed by atoms with E-state index in [0.717, 1.165) is 41.1 Å². The molecule has 4 fully saturated rings. The van der Waals surface area contributed by atoms with Gasteiger partial charge in [0.15, 0.2) is 0 Å². The lowest BCUT2D eigenvalue weighted by molar-refractivity contribution is 0.154. The summed E-state index contributed by atoms with van der Waals surface area (Å²) in [5.41, 5.74) is 2.34. The first-order valence-corrected chi connectivity index (χ1v) is 18.9. The monoisotopic (exact) mass is 565 g/mol. The summed E-state index contributed by atoms with van der Waals surface area (Å²) >= 11 is 0. The molecule has 0 spiro atoms. The van der Waals surface area contributed by atoms with Crippen LogP contribution in [-0.4, -0.2) is 0 Å². The summed E-state index contributed by atoms with van der Waals surface area (Å²) in [7, 11) is 0. The average Bonchev–Trinajstić information content (AvgIpc) is 3.02. The molecule has 0 N–H and O–H groups in total. The van der Waals surface area contributed by atoms with Gasteiger partial charge in [0, 0.05) is 0 Å². The minimum absolute atomic E-state index is 0.113. The molecular formula is C40H65F. The fourth-order valence-electron chi connectivity index (χ4n) is 10.2. The summed E-state index contributed by atoms with van der Waals surface area (Å²) in [5, 5.41) is 0. The molecule has 1 aromatic carbocycles. The van der Waals surface area contributed by atoms with E-state index in [0.29, 0.717) is 11.8 Å². The number of rotatable bonds is 12. The number of hydrogen-bond acceptors (Lipinski definition) is 0. The zero-order valence-corrected chi connectivity index (χ0v) is 27.2. The molecular weight excluding hydrogens is 499 g/mol. The Labute approximate surface area is 254 Å². The van der Waals surface area contributed by atoms with E-state index in [-0.39, 0.29) is 5.82 Å². The van der Waals surface area contributed by atoms with Crippen molar-refractivity contribution >= 4 is 0 Å². The maximum Gasteiger partial charge on any atom is 0.126 e. The lowest BCUT2D eigenvalue weighted by Gasteiger charge is -2.38. The first-order valence-electron chi connectivity index (χ1n) is 18.9.